The Kier molecular flexibility index (Phi) is 4.10. The van der Waals surface area contributed by atoms with E-state index in [1.807, 2.05) is 10.9 Å². The van der Waals surface area contributed by atoms with Gasteiger partial charge in [0.05, 0.1) is 12.7 Å². The van der Waals surface area contributed by atoms with Crippen LogP contribution in [0, 0.1) is 12.7 Å². The summed E-state index contributed by atoms with van der Waals surface area (Å²) in [5.41, 5.74) is 3.41. The first-order valence-electron chi connectivity index (χ1n) is 6.17. The van der Waals surface area contributed by atoms with Crippen LogP contribution in [0.1, 0.15) is 23.7 Å². The fourth-order valence-electron chi connectivity index (χ4n) is 1.84. The second-order valence-corrected chi connectivity index (χ2v) is 4.32. The monoisotopic (exact) mass is 247 g/mol. The van der Waals surface area contributed by atoms with Crippen molar-refractivity contribution < 1.29 is 4.39 Å². The Balaban J connectivity index is 2.09. The molecule has 96 valence electrons. The van der Waals surface area contributed by atoms with E-state index in [0.29, 0.717) is 6.54 Å². The van der Waals surface area contributed by atoms with Gasteiger partial charge < -0.3 is 5.32 Å². The maximum atomic E-state index is 12.8. The highest BCUT2D eigenvalue weighted by molar-refractivity contribution is 5.20. The Labute approximate surface area is 107 Å². The van der Waals surface area contributed by atoms with Crippen molar-refractivity contribution in [2.75, 3.05) is 6.54 Å². The maximum Gasteiger partial charge on any atom is 0.123 e. The number of aromatic nitrogens is 2. The van der Waals surface area contributed by atoms with Crippen LogP contribution in [-0.4, -0.2) is 16.3 Å². The summed E-state index contributed by atoms with van der Waals surface area (Å²) in [5.74, 6) is -0.205. The zero-order valence-electron chi connectivity index (χ0n) is 10.8. The van der Waals surface area contributed by atoms with Crippen LogP contribution < -0.4 is 5.32 Å². The molecule has 1 heterocycles. The first kappa shape index (κ1) is 12.8. The number of halogens is 1. The molecule has 0 aliphatic heterocycles. The van der Waals surface area contributed by atoms with Crippen LogP contribution in [0.25, 0.3) is 0 Å². The van der Waals surface area contributed by atoms with E-state index >= 15 is 0 Å². The van der Waals surface area contributed by atoms with Gasteiger partial charge in [0.1, 0.15) is 5.82 Å². The zero-order chi connectivity index (χ0) is 13.0. The summed E-state index contributed by atoms with van der Waals surface area (Å²) in [6, 6.07) is 6.54. The quantitative estimate of drug-likeness (QED) is 0.879. The van der Waals surface area contributed by atoms with Crippen molar-refractivity contribution in [3.63, 3.8) is 0 Å². The van der Waals surface area contributed by atoms with E-state index in [0.717, 1.165) is 24.3 Å². The van der Waals surface area contributed by atoms with Crippen molar-refractivity contribution in [1.29, 1.82) is 0 Å². The molecule has 0 atom stereocenters. The molecule has 18 heavy (non-hydrogen) atoms. The van der Waals surface area contributed by atoms with Crippen LogP contribution in [0.15, 0.2) is 30.5 Å². The molecule has 1 N–H and O–H groups in total. The molecule has 1 aromatic heterocycles. The normalized spacial score (nSPS) is 10.8. The van der Waals surface area contributed by atoms with Gasteiger partial charge in [0.2, 0.25) is 0 Å². The van der Waals surface area contributed by atoms with E-state index in [9.17, 15) is 4.39 Å². The van der Waals surface area contributed by atoms with E-state index in [2.05, 4.69) is 24.3 Å². The van der Waals surface area contributed by atoms with E-state index in [-0.39, 0.29) is 5.82 Å². The number of rotatable bonds is 5. The van der Waals surface area contributed by atoms with Gasteiger partial charge in [0.25, 0.3) is 0 Å². The number of nitrogens with zero attached hydrogens (tertiary/aromatic N) is 2. The van der Waals surface area contributed by atoms with Crippen molar-refractivity contribution in [2.24, 2.45) is 0 Å². The van der Waals surface area contributed by atoms with Gasteiger partial charge in [-0.25, -0.2) is 4.39 Å². The van der Waals surface area contributed by atoms with Crippen LogP contribution in [0.4, 0.5) is 4.39 Å². The van der Waals surface area contributed by atoms with Gasteiger partial charge in [-0.05, 0) is 31.2 Å². The molecule has 0 saturated carbocycles. The first-order valence-corrected chi connectivity index (χ1v) is 6.17. The predicted molar refractivity (Wildman–Crippen MR) is 69.8 cm³/mol. The lowest BCUT2D eigenvalue weighted by Crippen LogP contribution is -2.12. The highest BCUT2D eigenvalue weighted by Gasteiger charge is 2.06. The minimum atomic E-state index is -0.205. The first-order chi connectivity index (χ1) is 8.70. The molecule has 0 bridgehead atoms. The maximum absolute atomic E-state index is 12.8. The molecule has 0 aliphatic rings. The van der Waals surface area contributed by atoms with Crippen LogP contribution in [0.5, 0.6) is 0 Å². The van der Waals surface area contributed by atoms with Crippen LogP contribution in [0.3, 0.4) is 0 Å². The van der Waals surface area contributed by atoms with Crippen molar-refractivity contribution in [1.82, 2.24) is 15.1 Å². The fraction of sp³-hybridized carbons (Fsp3) is 0.357. The molecule has 0 saturated heterocycles. The van der Waals surface area contributed by atoms with E-state index in [1.54, 1.807) is 12.1 Å². The topological polar surface area (TPSA) is 29.9 Å². The third kappa shape index (κ3) is 2.96. The van der Waals surface area contributed by atoms with Crippen molar-refractivity contribution in [2.45, 2.75) is 26.9 Å². The summed E-state index contributed by atoms with van der Waals surface area (Å²) in [7, 11) is 0. The van der Waals surface area contributed by atoms with Crippen LogP contribution >= 0.6 is 0 Å². The summed E-state index contributed by atoms with van der Waals surface area (Å²) in [5, 5.41) is 7.66. The third-order valence-electron chi connectivity index (χ3n) is 3.02. The van der Waals surface area contributed by atoms with Gasteiger partial charge in [-0.3, -0.25) is 4.68 Å². The largest absolute Gasteiger partial charge is 0.313 e. The molecule has 0 spiro atoms. The summed E-state index contributed by atoms with van der Waals surface area (Å²) in [4.78, 5) is 0. The predicted octanol–water partition coefficient (Wildman–Crippen LogP) is 2.49. The Hall–Kier alpha value is -1.68. The summed E-state index contributed by atoms with van der Waals surface area (Å²) < 4.78 is 14.8. The summed E-state index contributed by atoms with van der Waals surface area (Å²) in [6.07, 6.45) is 1.89. The highest BCUT2D eigenvalue weighted by Crippen LogP contribution is 2.10. The summed E-state index contributed by atoms with van der Waals surface area (Å²) in [6.45, 7) is 6.61. The third-order valence-corrected chi connectivity index (χ3v) is 3.02. The van der Waals surface area contributed by atoms with Gasteiger partial charge in [-0.15, -0.1) is 0 Å². The number of hydrogen-bond donors (Lipinski definition) is 1. The Bertz CT molecular complexity index is 502. The Morgan fingerprint density at radius 2 is 2.00 bits per heavy atom. The average molecular weight is 247 g/mol. The van der Waals surface area contributed by atoms with E-state index in [1.165, 1.54) is 17.7 Å². The second kappa shape index (κ2) is 5.78. The second-order valence-electron chi connectivity index (χ2n) is 4.32. The Morgan fingerprint density at radius 3 is 2.67 bits per heavy atom. The van der Waals surface area contributed by atoms with Gasteiger partial charge in [0, 0.05) is 17.8 Å². The lowest BCUT2D eigenvalue weighted by Gasteiger charge is -2.06. The molecule has 1 aromatic carbocycles. The van der Waals surface area contributed by atoms with Crippen LogP contribution in [-0.2, 0) is 13.1 Å². The SMILES string of the molecule is CCNCc1cnn(Cc2ccc(F)cc2)c1C. The molecule has 4 heteroatoms. The molecule has 3 nitrogen and oxygen atoms in total. The van der Waals surface area contributed by atoms with Gasteiger partial charge >= 0.3 is 0 Å². The molecule has 2 aromatic rings. The fourth-order valence-corrected chi connectivity index (χ4v) is 1.84. The molecule has 0 amide bonds. The molecule has 0 unspecified atom stereocenters. The average Bonchev–Trinajstić information content (AvgIpc) is 2.71. The Morgan fingerprint density at radius 1 is 1.28 bits per heavy atom. The van der Waals surface area contributed by atoms with Gasteiger partial charge in [0.15, 0.2) is 0 Å². The van der Waals surface area contributed by atoms with Crippen molar-refractivity contribution >= 4 is 0 Å². The van der Waals surface area contributed by atoms with Gasteiger partial charge in [-0.1, -0.05) is 19.1 Å². The standard InChI is InChI=1S/C14H18FN3/c1-3-16-8-13-9-17-18(11(13)2)10-12-4-6-14(15)7-5-12/h4-7,9,16H,3,8,10H2,1-2H3. The van der Waals surface area contributed by atoms with Gasteiger partial charge in [-0.2, -0.15) is 5.10 Å². The lowest BCUT2D eigenvalue weighted by molar-refractivity contribution is 0.622. The number of hydrogen-bond acceptors (Lipinski definition) is 2. The van der Waals surface area contributed by atoms with Crippen molar-refractivity contribution in [3.05, 3.63) is 53.1 Å². The molecule has 2 rings (SSSR count). The minimum Gasteiger partial charge on any atom is -0.313 e. The molecule has 0 aliphatic carbocycles. The summed E-state index contributed by atoms with van der Waals surface area (Å²) >= 11 is 0. The highest BCUT2D eigenvalue weighted by atomic mass is 19.1. The van der Waals surface area contributed by atoms with E-state index in [4.69, 9.17) is 0 Å². The molecular weight excluding hydrogens is 229 g/mol. The van der Waals surface area contributed by atoms with Crippen molar-refractivity contribution in [3.8, 4) is 0 Å². The molecule has 0 fully saturated rings. The number of nitrogens with one attached hydrogen (secondary N) is 1. The molecule has 0 radical (unpaired) electrons. The van der Waals surface area contributed by atoms with Crippen LogP contribution in [0.2, 0.25) is 0 Å². The minimum absolute atomic E-state index is 0.205. The van der Waals surface area contributed by atoms with E-state index < -0.39 is 0 Å². The zero-order valence-corrected chi connectivity index (χ0v) is 10.8. The molecular formula is C14H18FN3. The lowest BCUT2D eigenvalue weighted by atomic mass is 10.2. The smallest absolute Gasteiger partial charge is 0.123 e. The number of benzene rings is 1.